The minimum atomic E-state index is -0.0738. The first-order valence-electron chi connectivity index (χ1n) is 10.7. The van der Waals surface area contributed by atoms with Crippen LogP contribution in [0.3, 0.4) is 0 Å². The van der Waals surface area contributed by atoms with Crippen molar-refractivity contribution in [3.8, 4) is 5.75 Å². The Hall–Kier alpha value is -2.15. The number of hydrogen-bond acceptors (Lipinski definition) is 5. The molecule has 7 heteroatoms. The van der Waals surface area contributed by atoms with Gasteiger partial charge in [-0.15, -0.1) is 5.10 Å². The lowest BCUT2D eigenvalue weighted by molar-refractivity contribution is -0.123. The molecule has 6 nitrogen and oxygen atoms in total. The summed E-state index contributed by atoms with van der Waals surface area (Å²) in [5.41, 5.74) is 2.79. The van der Waals surface area contributed by atoms with Gasteiger partial charge in [0.25, 0.3) is 10.7 Å². The zero-order valence-electron chi connectivity index (χ0n) is 17.0. The highest BCUT2D eigenvalue weighted by Crippen LogP contribution is 2.26. The Balaban J connectivity index is 1.33. The third-order valence-electron chi connectivity index (χ3n) is 6.08. The summed E-state index contributed by atoms with van der Waals surface area (Å²) >= 11 is 5.23. The fourth-order valence-corrected chi connectivity index (χ4v) is 4.57. The van der Waals surface area contributed by atoms with Gasteiger partial charge in [0.05, 0.1) is 0 Å². The maximum Gasteiger partial charge on any atom is 0.287 e. The van der Waals surface area contributed by atoms with Gasteiger partial charge in [-0.1, -0.05) is 25.8 Å². The molecule has 29 heavy (non-hydrogen) atoms. The van der Waals surface area contributed by atoms with E-state index in [2.05, 4.69) is 29.5 Å². The number of benzene rings is 1. The van der Waals surface area contributed by atoms with E-state index in [-0.39, 0.29) is 29.9 Å². The number of hydrogen-bond donors (Lipinski definition) is 1. The van der Waals surface area contributed by atoms with Gasteiger partial charge in [-0.25, -0.2) is 4.68 Å². The monoisotopic (exact) mass is 415 g/mol. The first-order valence-corrected chi connectivity index (χ1v) is 11.1. The van der Waals surface area contributed by atoms with Crippen LogP contribution in [0.15, 0.2) is 22.6 Å². The normalized spacial score (nSPS) is 21.4. The molecule has 2 aliphatic rings. The lowest BCUT2D eigenvalue weighted by atomic mass is 9.86. The van der Waals surface area contributed by atoms with E-state index in [9.17, 15) is 4.79 Å². The molecule has 0 aliphatic heterocycles. The van der Waals surface area contributed by atoms with Crippen molar-refractivity contribution in [2.75, 3.05) is 0 Å². The Labute approximate surface area is 176 Å². The van der Waals surface area contributed by atoms with E-state index in [1.54, 1.807) is 0 Å². The minimum Gasteiger partial charge on any atom is -0.484 e. The highest BCUT2D eigenvalue weighted by molar-refractivity contribution is 7.71. The molecule has 1 saturated carbocycles. The maximum absolute atomic E-state index is 12.4. The first-order chi connectivity index (χ1) is 14.1. The molecular weight excluding hydrogens is 386 g/mol. The van der Waals surface area contributed by atoms with Crippen molar-refractivity contribution in [2.24, 2.45) is 5.92 Å². The van der Waals surface area contributed by atoms with Crippen LogP contribution in [0.2, 0.25) is 0 Å². The van der Waals surface area contributed by atoms with Crippen LogP contribution in [-0.4, -0.2) is 21.7 Å². The van der Waals surface area contributed by atoms with Crippen LogP contribution in [0, 0.1) is 10.8 Å². The van der Waals surface area contributed by atoms with Crippen molar-refractivity contribution in [3.05, 3.63) is 40.1 Å². The Morgan fingerprint density at radius 1 is 1.24 bits per heavy atom. The largest absolute Gasteiger partial charge is 0.484 e. The third-order valence-corrected chi connectivity index (χ3v) is 6.38. The Kier molecular flexibility index (Phi) is 6.33. The van der Waals surface area contributed by atoms with Gasteiger partial charge in [0.2, 0.25) is 5.91 Å². The van der Waals surface area contributed by atoms with Crippen molar-refractivity contribution < 1.29 is 13.9 Å². The molecule has 1 fully saturated rings. The van der Waals surface area contributed by atoms with Crippen molar-refractivity contribution in [1.82, 2.24) is 15.1 Å². The summed E-state index contributed by atoms with van der Waals surface area (Å²) in [6.45, 7) is 2.46. The van der Waals surface area contributed by atoms with Gasteiger partial charge in [0.1, 0.15) is 12.3 Å². The van der Waals surface area contributed by atoms with Crippen LogP contribution in [-0.2, 0) is 30.8 Å². The number of nitrogens with one attached hydrogen (secondary N) is 1. The van der Waals surface area contributed by atoms with Crippen LogP contribution in [0.1, 0.15) is 62.5 Å². The minimum absolute atomic E-state index is 0.0738. The van der Waals surface area contributed by atoms with Gasteiger partial charge in [-0.3, -0.25) is 4.79 Å². The molecule has 0 unspecified atom stereocenters. The van der Waals surface area contributed by atoms with Gasteiger partial charge in [-0.05, 0) is 79.9 Å². The summed E-state index contributed by atoms with van der Waals surface area (Å²) < 4.78 is 12.8. The second-order valence-corrected chi connectivity index (χ2v) is 8.63. The first kappa shape index (κ1) is 20.1. The molecule has 2 aromatic rings. The molecule has 0 bridgehead atoms. The predicted octanol–water partition coefficient (Wildman–Crippen LogP) is 4.36. The number of rotatable bonds is 6. The van der Waals surface area contributed by atoms with Crippen LogP contribution in [0.25, 0.3) is 0 Å². The topological polar surface area (TPSA) is 69.3 Å². The van der Waals surface area contributed by atoms with E-state index in [1.807, 2.05) is 6.07 Å². The van der Waals surface area contributed by atoms with E-state index in [4.69, 9.17) is 21.4 Å². The number of aryl methyl sites for hydroxylation is 2. The van der Waals surface area contributed by atoms with Crippen molar-refractivity contribution in [1.29, 1.82) is 0 Å². The van der Waals surface area contributed by atoms with Gasteiger partial charge < -0.3 is 14.5 Å². The van der Waals surface area contributed by atoms with Crippen LogP contribution >= 0.6 is 12.2 Å². The number of aromatic nitrogens is 2. The summed E-state index contributed by atoms with van der Waals surface area (Å²) in [6, 6.07) is 6.49. The molecule has 1 aromatic carbocycles. The van der Waals surface area contributed by atoms with Gasteiger partial charge in [0, 0.05) is 6.04 Å². The van der Waals surface area contributed by atoms with E-state index in [0.29, 0.717) is 11.8 Å². The lowest BCUT2D eigenvalue weighted by Gasteiger charge is -2.29. The van der Waals surface area contributed by atoms with E-state index < -0.39 is 0 Å². The Morgan fingerprint density at radius 2 is 2.03 bits per heavy atom. The molecule has 1 heterocycles. The van der Waals surface area contributed by atoms with Crippen molar-refractivity contribution >= 4 is 18.1 Å². The molecule has 1 amide bonds. The number of nitrogens with zero attached hydrogens (tertiary/aromatic N) is 2. The van der Waals surface area contributed by atoms with Crippen LogP contribution in [0.5, 0.6) is 5.75 Å². The number of amides is 1. The van der Waals surface area contributed by atoms with Crippen LogP contribution < -0.4 is 10.1 Å². The number of carbonyl (C=O) groups is 1. The number of carbonyl (C=O) groups excluding carboxylic acids is 1. The molecule has 1 aromatic heterocycles. The predicted molar refractivity (Wildman–Crippen MR) is 112 cm³/mol. The van der Waals surface area contributed by atoms with Crippen LogP contribution in [0.4, 0.5) is 0 Å². The fraction of sp³-hybridized carbons (Fsp3) is 0.591. The molecule has 0 saturated heterocycles. The standard InChI is InChI=1S/C22H29N3O3S/c1-15-6-2-5-9-19(15)23-20(26)13-25-22(29)28-21(24-25)14-27-18-11-10-16-7-3-4-8-17(16)12-18/h10-12,15,19H,2-9,13-14H2,1H3,(H,23,26)/t15-,19+/m1/s1. The average molecular weight is 416 g/mol. The van der Waals surface area contributed by atoms with Gasteiger partial charge in [0.15, 0.2) is 6.61 Å². The van der Waals surface area contributed by atoms with E-state index >= 15 is 0 Å². The second kappa shape index (κ2) is 9.11. The summed E-state index contributed by atoms with van der Waals surface area (Å²) in [5.74, 6) is 1.63. The molecule has 156 valence electrons. The van der Waals surface area contributed by atoms with E-state index in [0.717, 1.165) is 25.0 Å². The maximum atomic E-state index is 12.4. The summed E-state index contributed by atoms with van der Waals surface area (Å²) in [7, 11) is 0. The Bertz CT molecular complexity index is 920. The molecule has 2 atom stereocenters. The molecule has 1 N–H and O–H groups in total. The molecule has 0 radical (unpaired) electrons. The Morgan fingerprint density at radius 3 is 2.86 bits per heavy atom. The smallest absolute Gasteiger partial charge is 0.287 e. The van der Waals surface area contributed by atoms with Gasteiger partial charge >= 0.3 is 0 Å². The molecule has 4 rings (SSSR count). The second-order valence-electron chi connectivity index (χ2n) is 8.28. The quantitative estimate of drug-likeness (QED) is 0.710. The van der Waals surface area contributed by atoms with Gasteiger partial charge in [-0.2, -0.15) is 0 Å². The van der Waals surface area contributed by atoms with E-state index in [1.165, 1.54) is 47.9 Å². The highest BCUT2D eigenvalue weighted by Gasteiger charge is 2.23. The summed E-state index contributed by atoms with van der Waals surface area (Å²) in [5, 5.41) is 7.45. The summed E-state index contributed by atoms with van der Waals surface area (Å²) in [4.78, 5) is 12.6. The summed E-state index contributed by atoms with van der Waals surface area (Å²) in [6.07, 6.45) is 9.37. The number of ether oxygens (including phenoxy) is 1. The highest BCUT2D eigenvalue weighted by atomic mass is 32.1. The zero-order valence-corrected chi connectivity index (χ0v) is 17.8. The third kappa shape index (κ3) is 5.07. The molecule has 0 spiro atoms. The average Bonchev–Trinajstić information content (AvgIpc) is 3.07. The van der Waals surface area contributed by atoms with Crippen molar-refractivity contribution in [3.63, 3.8) is 0 Å². The number of fused-ring (bicyclic) bond motifs is 1. The molecular formula is C22H29N3O3S. The SMILES string of the molecule is C[C@@H]1CCCC[C@@H]1NC(=O)Cn1nc(COc2ccc3c(c2)CCCC3)oc1=S. The molecule has 2 aliphatic carbocycles. The zero-order chi connectivity index (χ0) is 20.2. The van der Waals surface area contributed by atoms with Crippen molar-refractivity contribution in [2.45, 2.75) is 77.5 Å². The lowest BCUT2D eigenvalue weighted by Crippen LogP contribution is -2.42. The fourth-order valence-electron chi connectivity index (χ4n) is 4.37.